The zero-order valence-electron chi connectivity index (χ0n) is 12.3. The number of halogens is 1. The number of hydrogen-bond acceptors (Lipinski definition) is 3. The zero-order valence-corrected chi connectivity index (χ0v) is 13.1. The lowest BCUT2D eigenvalue weighted by molar-refractivity contribution is 0.346. The Bertz CT molecular complexity index is 807. The molecule has 0 atom stereocenters. The standard InChI is InChI=1S/C17H16FN3S/c1-20-9-14-16(10-20)19-21(8-12-6-7-22-11-12)17(14)13-4-2-3-5-15(13)18/h2-7,11H,8-10H2,1H3. The predicted octanol–water partition coefficient (Wildman–Crippen LogP) is 3.74. The number of thiophene rings is 1. The average molecular weight is 313 g/mol. The first-order valence-corrected chi connectivity index (χ1v) is 8.20. The Kier molecular flexibility index (Phi) is 3.32. The fourth-order valence-corrected chi connectivity index (χ4v) is 3.71. The van der Waals surface area contributed by atoms with Gasteiger partial charge in [0.15, 0.2) is 0 Å². The van der Waals surface area contributed by atoms with Crippen molar-refractivity contribution in [2.75, 3.05) is 7.05 Å². The molecule has 5 heteroatoms. The van der Waals surface area contributed by atoms with Crippen LogP contribution in [0.5, 0.6) is 0 Å². The minimum absolute atomic E-state index is 0.189. The van der Waals surface area contributed by atoms with E-state index in [1.165, 1.54) is 11.6 Å². The van der Waals surface area contributed by atoms with Crippen LogP contribution in [0.1, 0.15) is 16.8 Å². The van der Waals surface area contributed by atoms with Gasteiger partial charge in [-0.2, -0.15) is 16.4 Å². The van der Waals surface area contributed by atoms with E-state index in [0.717, 1.165) is 30.0 Å². The Morgan fingerprint density at radius 2 is 2.09 bits per heavy atom. The summed E-state index contributed by atoms with van der Waals surface area (Å²) in [6, 6.07) is 9.06. The Morgan fingerprint density at radius 1 is 1.23 bits per heavy atom. The monoisotopic (exact) mass is 313 g/mol. The van der Waals surface area contributed by atoms with Gasteiger partial charge < -0.3 is 0 Å². The molecule has 0 N–H and O–H groups in total. The average Bonchev–Trinajstić information content (AvgIpc) is 3.17. The molecule has 0 bridgehead atoms. The van der Waals surface area contributed by atoms with Crippen LogP contribution in [0, 0.1) is 5.82 Å². The van der Waals surface area contributed by atoms with Crippen LogP contribution >= 0.6 is 11.3 Å². The van der Waals surface area contributed by atoms with E-state index in [1.54, 1.807) is 17.4 Å². The van der Waals surface area contributed by atoms with Crippen molar-refractivity contribution in [1.29, 1.82) is 0 Å². The third-order valence-electron chi connectivity index (χ3n) is 4.02. The highest BCUT2D eigenvalue weighted by Crippen LogP contribution is 2.34. The Balaban J connectivity index is 1.86. The van der Waals surface area contributed by atoms with Gasteiger partial charge in [0.2, 0.25) is 0 Å². The molecule has 1 aliphatic rings. The van der Waals surface area contributed by atoms with Crippen LogP contribution in [0.4, 0.5) is 4.39 Å². The summed E-state index contributed by atoms with van der Waals surface area (Å²) in [6.07, 6.45) is 0. The smallest absolute Gasteiger partial charge is 0.132 e. The molecule has 0 fully saturated rings. The van der Waals surface area contributed by atoms with E-state index in [0.29, 0.717) is 12.1 Å². The van der Waals surface area contributed by atoms with E-state index in [-0.39, 0.29) is 5.82 Å². The molecule has 0 saturated heterocycles. The zero-order chi connectivity index (χ0) is 15.1. The van der Waals surface area contributed by atoms with Gasteiger partial charge in [-0.1, -0.05) is 12.1 Å². The summed E-state index contributed by atoms with van der Waals surface area (Å²) < 4.78 is 16.3. The summed E-state index contributed by atoms with van der Waals surface area (Å²) in [5, 5.41) is 8.92. The van der Waals surface area contributed by atoms with Gasteiger partial charge in [0.1, 0.15) is 5.82 Å². The number of aromatic nitrogens is 2. The minimum atomic E-state index is -0.189. The molecule has 0 spiro atoms. The van der Waals surface area contributed by atoms with Crippen LogP contribution in [-0.2, 0) is 19.6 Å². The van der Waals surface area contributed by atoms with Crippen LogP contribution in [0.3, 0.4) is 0 Å². The fourth-order valence-electron chi connectivity index (χ4n) is 3.05. The van der Waals surface area contributed by atoms with Gasteiger partial charge in [-0.15, -0.1) is 0 Å². The van der Waals surface area contributed by atoms with E-state index >= 15 is 0 Å². The maximum atomic E-state index is 14.3. The van der Waals surface area contributed by atoms with Crippen molar-refractivity contribution in [2.24, 2.45) is 0 Å². The minimum Gasteiger partial charge on any atom is -0.296 e. The van der Waals surface area contributed by atoms with E-state index in [1.807, 2.05) is 16.8 Å². The predicted molar refractivity (Wildman–Crippen MR) is 86.2 cm³/mol. The molecule has 0 aliphatic carbocycles. The van der Waals surface area contributed by atoms with Crippen LogP contribution in [0.15, 0.2) is 41.1 Å². The normalized spacial score (nSPS) is 14.5. The molecular formula is C17H16FN3S. The summed E-state index contributed by atoms with van der Waals surface area (Å²) in [5.41, 5.74) is 4.99. The largest absolute Gasteiger partial charge is 0.296 e. The van der Waals surface area contributed by atoms with Crippen molar-refractivity contribution in [3.8, 4) is 11.3 Å². The van der Waals surface area contributed by atoms with Gasteiger partial charge in [0, 0.05) is 24.2 Å². The summed E-state index contributed by atoms with van der Waals surface area (Å²) in [4.78, 5) is 2.21. The summed E-state index contributed by atoms with van der Waals surface area (Å²) in [6.45, 7) is 2.33. The molecular weight excluding hydrogens is 297 g/mol. The number of nitrogens with zero attached hydrogens (tertiary/aromatic N) is 3. The van der Waals surface area contributed by atoms with Crippen molar-refractivity contribution in [2.45, 2.75) is 19.6 Å². The number of hydrogen-bond donors (Lipinski definition) is 0. The third-order valence-corrected chi connectivity index (χ3v) is 4.75. The van der Waals surface area contributed by atoms with Crippen molar-refractivity contribution < 1.29 is 4.39 Å². The second-order valence-corrected chi connectivity index (χ2v) is 6.50. The first-order chi connectivity index (χ1) is 10.7. The van der Waals surface area contributed by atoms with Crippen LogP contribution < -0.4 is 0 Å². The molecule has 0 saturated carbocycles. The highest BCUT2D eigenvalue weighted by Gasteiger charge is 2.27. The van der Waals surface area contributed by atoms with Crippen LogP contribution in [-0.4, -0.2) is 21.7 Å². The first-order valence-electron chi connectivity index (χ1n) is 7.25. The second-order valence-electron chi connectivity index (χ2n) is 5.72. The molecule has 3 heterocycles. The highest BCUT2D eigenvalue weighted by atomic mass is 32.1. The van der Waals surface area contributed by atoms with Crippen LogP contribution in [0.25, 0.3) is 11.3 Å². The van der Waals surface area contributed by atoms with Crippen molar-refractivity contribution >= 4 is 11.3 Å². The summed E-state index contributed by atoms with van der Waals surface area (Å²) >= 11 is 1.67. The molecule has 3 nitrogen and oxygen atoms in total. The maximum absolute atomic E-state index is 14.3. The first kappa shape index (κ1) is 13.7. The SMILES string of the molecule is CN1Cc2nn(Cc3ccsc3)c(-c3ccccc3F)c2C1. The lowest BCUT2D eigenvalue weighted by atomic mass is 10.1. The molecule has 3 aromatic rings. The molecule has 1 aromatic carbocycles. The second kappa shape index (κ2) is 5.34. The van der Waals surface area contributed by atoms with Crippen molar-refractivity contribution in [1.82, 2.24) is 14.7 Å². The van der Waals surface area contributed by atoms with E-state index in [2.05, 4.69) is 28.8 Å². The highest BCUT2D eigenvalue weighted by molar-refractivity contribution is 7.07. The number of rotatable bonds is 3. The van der Waals surface area contributed by atoms with Gasteiger partial charge in [0.25, 0.3) is 0 Å². The van der Waals surface area contributed by atoms with Crippen molar-refractivity contribution in [3.63, 3.8) is 0 Å². The summed E-state index contributed by atoms with van der Waals surface area (Å²) in [5.74, 6) is -0.189. The van der Waals surface area contributed by atoms with Gasteiger partial charge in [-0.05, 0) is 41.6 Å². The van der Waals surface area contributed by atoms with E-state index < -0.39 is 0 Å². The lowest BCUT2D eigenvalue weighted by Gasteiger charge is -2.12. The molecule has 0 amide bonds. The number of fused-ring (bicyclic) bond motifs is 1. The molecule has 1 aliphatic heterocycles. The molecule has 0 radical (unpaired) electrons. The van der Waals surface area contributed by atoms with Gasteiger partial charge >= 0.3 is 0 Å². The maximum Gasteiger partial charge on any atom is 0.132 e. The summed E-state index contributed by atoms with van der Waals surface area (Å²) in [7, 11) is 2.07. The third kappa shape index (κ3) is 2.26. The Hall–Kier alpha value is -1.98. The molecule has 112 valence electrons. The number of benzene rings is 1. The topological polar surface area (TPSA) is 21.1 Å². The molecule has 2 aromatic heterocycles. The molecule has 0 unspecified atom stereocenters. The molecule has 22 heavy (non-hydrogen) atoms. The Labute approximate surface area is 132 Å². The van der Waals surface area contributed by atoms with E-state index in [9.17, 15) is 4.39 Å². The van der Waals surface area contributed by atoms with Crippen LogP contribution in [0.2, 0.25) is 0 Å². The van der Waals surface area contributed by atoms with E-state index in [4.69, 9.17) is 5.10 Å². The fraction of sp³-hybridized carbons (Fsp3) is 0.235. The van der Waals surface area contributed by atoms with Gasteiger partial charge in [0.05, 0.1) is 17.9 Å². The molecule has 4 rings (SSSR count). The Morgan fingerprint density at radius 3 is 2.86 bits per heavy atom. The van der Waals surface area contributed by atoms with Crippen molar-refractivity contribution in [3.05, 3.63) is 63.7 Å². The van der Waals surface area contributed by atoms with Gasteiger partial charge in [-0.3, -0.25) is 9.58 Å². The quantitative estimate of drug-likeness (QED) is 0.734. The lowest BCUT2D eigenvalue weighted by Crippen LogP contribution is -2.12. The van der Waals surface area contributed by atoms with Gasteiger partial charge in [-0.25, -0.2) is 4.39 Å².